The fourth-order valence-corrected chi connectivity index (χ4v) is 2.61. The minimum Gasteiger partial charge on any atom is -0.483 e. The van der Waals surface area contributed by atoms with Gasteiger partial charge in [0.2, 0.25) is 0 Å². The Morgan fingerprint density at radius 1 is 1.32 bits per heavy atom. The summed E-state index contributed by atoms with van der Waals surface area (Å²) >= 11 is 0. The van der Waals surface area contributed by atoms with E-state index >= 15 is 0 Å². The Kier molecular flexibility index (Phi) is 5.92. The zero-order valence-corrected chi connectivity index (χ0v) is 13.9. The van der Waals surface area contributed by atoms with Crippen molar-refractivity contribution in [1.29, 1.82) is 0 Å². The number of carbonyl (C=O) groups is 1. The van der Waals surface area contributed by atoms with E-state index in [1.165, 1.54) is 0 Å². The van der Waals surface area contributed by atoms with Crippen LogP contribution in [0.15, 0.2) is 47.1 Å². The second-order valence-corrected chi connectivity index (χ2v) is 5.86. The number of anilines is 1. The molecule has 25 heavy (non-hydrogen) atoms. The molecule has 0 spiro atoms. The normalized spacial score (nSPS) is 17.8. The number of furan rings is 1. The average molecular weight is 346 g/mol. The summed E-state index contributed by atoms with van der Waals surface area (Å²) in [7, 11) is 0. The zero-order chi connectivity index (χ0) is 17.5. The van der Waals surface area contributed by atoms with Crippen LogP contribution < -0.4 is 10.1 Å². The van der Waals surface area contributed by atoms with Crippen LogP contribution in [0.4, 0.5) is 10.5 Å². The first-order chi connectivity index (χ1) is 12.3. The number of aliphatic hydroxyl groups is 1. The molecule has 1 aromatic carbocycles. The third-order valence-electron chi connectivity index (χ3n) is 3.96. The molecule has 7 nitrogen and oxygen atoms in total. The van der Waals surface area contributed by atoms with Crippen molar-refractivity contribution >= 4 is 11.7 Å². The van der Waals surface area contributed by atoms with E-state index in [0.717, 1.165) is 0 Å². The van der Waals surface area contributed by atoms with Crippen molar-refractivity contribution in [2.75, 3.05) is 38.2 Å². The van der Waals surface area contributed by atoms with Crippen LogP contribution in [-0.2, 0) is 11.3 Å². The lowest BCUT2D eigenvalue weighted by molar-refractivity contribution is 0.0958. The van der Waals surface area contributed by atoms with E-state index in [1.54, 1.807) is 29.4 Å². The molecular weight excluding hydrogens is 324 g/mol. The Bertz CT molecular complexity index is 674. The molecule has 0 aliphatic carbocycles. The number of amides is 2. The van der Waals surface area contributed by atoms with Crippen molar-refractivity contribution in [3.05, 3.63) is 48.4 Å². The number of benzene rings is 1. The lowest BCUT2D eigenvalue weighted by Crippen LogP contribution is -2.39. The van der Waals surface area contributed by atoms with Gasteiger partial charge in [-0.1, -0.05) is 12.1 Å². The maximum atomic E-state index is 12.6. The Labute approximate surface area is 146 Å². The molecular formula is C18H22N2O5. The van der Waals surface area contributed by atoms with Crippen LogP contribution in [0, 0.1) is 5.92 Å². The Hall–Kier alpha value is -2.51. The van der Waals surface area contributed by atoms with E-state index in [4.69, 9.17) is 13.9 Å². The first kappa shape index (κ1) is 17.3. The summed E-state index contributed by atoms with van der Waals surface area (Å²) in [6.07, 6.45) is 1.59. The lowest BCUT2D eigenvalue weighted by Gasteiger charge is -2.23. The van der Waals surface area contributed by atoms with Crippen molar-refractivity contribution in [1.82, 2.24) is 4.90 Å². The molecule has 1 saturated heterocycles. The maximum Gasteiger partial charge on any atom is 0.322 e. The molecule has 2 N–H and O–H groups in total. The molecule has 0 saturated carbocycles. The van der Waals surface area contributed by atoms with E-state index in [-0.39, 0.29) is 25.2 Å². The highest BCUT2D eigenvalue weighted by molar-refractivity contribution is 5.91. The van der Waals surface area contributed by atoms with Gasteiger partial charge in [0.15, 0.2) is 0 Å². The number of hydrogen-bond acceptors (Lipinski definition) is 5. The van der Waals surface area contributed by atoms with Crippen LogP contribution in [0.3, 0.4) is 0 Å². The molecule has 1 aromatic heterocycles. The molecule has 2 heterocycles. The second kappa shape index (κ2) is 8.55. The van der Waals surface area contributed by atoms with Gasteiger partial charge in [-0.15, -0.1) is 0 Å². The highest BCUT2D eigenvalue weighted by Gasteiger charge is 2.22. The fraction of sp³-hybridized carbons (Fsp3) is 0.389. The SMILES string of the molecule is O=C(Nc1ccccc1OCc1ccco1)N1CCOC[C@@H](CO)C1. The summed E-state index contributed by atoms with van der Waals surface area (Å²) in [4.78, 5) is 14.2. The third-order valence-corrected chi connectivity index (χ3v) is 3.96. The molecule has 1 aliphatic rings. The number of ether oxygens (including phenoxy) is 2. The quantitative estimate of drug-likeness (QED) is 0.868. The third kappa shape index (κ3) is 4.74. The highest BCUT2D eigenvalue weighted by atomic mass is 16.5. The van der Waals surface area contributed by atoms with Gasteiger partial charge in [-0.25, -0.2) is 4.79 Å². The molecule has 1 atom stereocenters. The van der Waals surface area contributed by atoms with E-state index in [0.29, 0.717) is 43.5 Å². The Morgan fingerprint density at radius 3 is 3.00 bits per heavy atom. The molecule has 2 aromatic rings. The minimum absolute atomic E-state index is 0.00732. The molecule has 7 heteroatoms. The van der Waals surface area contributed by atoms with Crippen LogP contribution >= 0.6 is 0 Å². The predicted octanol–water partition coefficient (Wildman–Crippen LogP) is 2.33. The molecule has 0 radical (unpaired) electrons. The molecule has 134 valence electrons. The number of nitrogens with zero attached hydrogens (tertiary/aromatic N) is 1. The summed E-state index contributed by atoms with van der Waals surface area (Å²) in [5.74, 6) is 1.20. The van der Waals surface area contributed by atoms with Crippen molar-refractivity contribution in [3.8, 4) is 5.75 Å². The van der Waals surface area contributed by atoms with Gasteiger partial charge in [0.05, 0.1) is 25.2 Å². The average Bonchev–Trinajstić information content (AvgIpc) is 3.03. The van der Waals surface area contributed by atoms with E-state index in [1.807, 2.05) is 18.2 Å². The van der Waals surface area contributed by atoms with Gasteiger partial charge in [-0.3, -0.25) is 0 Å². The summed E-state index contributed by atoms with van der Waals surface area (Å²) in [5, 5.41) is 12.2. The van der Waals surface area contributed by atoms with E-state index in [9.17, 15) is 9.90 Å². The number of para-hydroxylation sites is 2. The highest BCUT2D eigenvalue weighted by Crippen LogP contribution is 2.25. The number of rotatable bonds is 5. The molecule has 1 aliphatic heterocycles. The van der Waals surface area contributed by atoms with Crippen LogP contribution in [-0.4, -0.2) is 48.9 Å². The van der Waals surface area contributed by atoms with E-state index < -0.39 is 0 Å². The van der Waals surface area contributed by atoms with Gasteiger partial charge < -0.3 is 29.2 Å². The van der Waals surface area contributed by atoms with Gasteiger partial charge in [-0.2, -0.15) is 0 Å². The lowest BCUT2D eigenvalue weighted by atomic mass is 10.2. The van der Waals surface area contributed by atoms with Gasteiger partial charge >= 0.3 is 6.03 Å². The number of hydrogen-bond donors (Lipinski definition) is 2. The van der Waals surface area contributed by atoms with Crippen LogP contribution in [0.2, 0.25) is 0 Å². The topological polar surface area (TPSA) is 84.2 Å². The van der Waals surface area contributed by atoms with Gasteiger partial charge in [0.25, 0.3) is 0 Å². The summed E-state index contributed by atoms with van der Waals surface area (Å²) < 4.78 is 16.4. The van der Waals surface area contributed by atoms with Crippen LogP contribution in [0.5, 0.6) is 5.75 Å². The van der Waals surface area contributed by atoms with Crippen LogP contribution in [0.25, 0.3) is 0 Å². The number of urea groups is 1. The summed E-state index contributed by atoms with van der Waals surface area (Å²) in [6, 6.07) is 10.6. The first-order valence-electron chi connectivity index (χ1n) is 8.25. The van der Waals surface area contributed by atoms with E-state index in [2.05, 4.69) is 5.32 Å². The monoisotopic (exact) mass is 346 g/mol. The molecule has 3 rings (SSSR count). The number of carbonyl (C=O) groups excluding carboxylic acids is 1. The van der Waals surface area contributed by atoms with Gasteiger partial charge in [-0.05, 0) is 24.3 Å². The second-order valence-electron chi connectivity index (χ2n) is 5.86. The maximum absolute atomic E-state index is 12.6. The molecule has 2 amide bonds. The largest absolute Gasteiger partial charge is 0.483 e. The Balaban J connectivity index is 1.64. The van der Waals surface area contributed by atoms with Crippen molar-refractivity contribution < 1.29 is 23.8 Å². The molecule has 1 fully saturated rings. The number of aliphatic hydroxyl groups excluding tert-OH is 1. The Morgan fingerprint density at radius 2 is 2.20 bits per heavy atom. The molecule has 0 bridgehead atoms. The van der Waals surface area contributed by atoms with Crippen LogP contribution in [0.1, 0.15) is 5.76 Å². The van der Waals surface area contributed by atoms with Crippen molar-refractivity contribution in [2.24, 2.45) is 5.92 Å². The number of nitrogens with one attached hydrogen (secondary N) is 1. The fourth-order valence-electron chi connectivity index (χ4n) is 2.61. The standard InChI is InChI=1S/C18H22N2O5/c21-11-14-10-20(7-9-23-12-14)18(22)19-16-5-1-2-6-17(16)25-13-15-4-3-8-24-15/h1-6,8,14,21H,7,9-13H2,(H,19,22)/t14-/m1/s1. The zero-order valence-electron chi connectivity index (χ0n) is 13.9. The minimum atomic E-state index is -0.238. The van der Waals surface area contributed by atoms with Gasteiger partial charge in [0, 0.05) is 25.6 Å². The molecule has 0 unspecified atom stereocenters. The predicted molar refractivity (Wildman–Crippen MR) is 91.5 cm³/mol. The first-order valence-corrected chi connectivity index (χ1v) is 8.25. The van der Waals surface area contributed by atoms with Crippen molar-refractivity contribution in [2.45, 2.75) is 6.61 Å². The summed E-state index contributed by atoms with van der Waals surface area (Å²) in [5.41, 5.74) is 0.588. The van der Waals surface area contributed by atoms with Gasteiger partial charge in [0.1, 0.15) is 18.1 Å². The summed E-state index contributed by atoms with van der Waals surface area (Å²) in [6.45, 7) is 2.13. The van der Waals surface area contributed by atoms with Crippen molar-refractivity contribution in [3.63, 3.8) is 0 Å². The smallest absolute Gasteiger partial charge is 0.322 e.